The summed E-state index contributed by atoms with van der Waals surface area (Å²) < 4.78 is 5.57. The summed E-state index contributed by atoms with van der Waals surface area (Å²) in [5.41, 5.74) is 1.23. The van der Waals surface area contributed by atoms with E-state index >= 15 is 0 Å². The second kappa shape index (κ2) is 6.61. The molecular formula is C13H19O. The molecule has 0 aliphatic heterocycles. The van der Waals surface area contributed by atoms with Gasteiger partial charge in [0.15, 0.2) is 0 Å². The first-order valence-corrected chi connectivity index (χ1v) is 5.27. The van der Waals surface area contributed by atoms with Crippen LogP contribution in [0.15, 0.2) is 30.3 Å². The van der Waals surface area contributed by atoms with Crippen LogP contribution in [-0.2, 0) is 11.3 Å². The SMILES string of the molecule is [CH2]C(CCC)COCc1ccccc1. The lowest BCUT2D eigenvalue weighted by Gasteiger charge is -2.10. The van der Waals surface area contributed by atoms with Crippen LogP contribution in [0.4, 0.5) is 0 Å². The topological polar surface area (TPSA) is 9.23 Å². The van der Waals surface area contributed by atoms with E-state index in [0.717, 1.165) is 13.0 Å². The number of hydrogen-bond acceptors (Lipinski definition) is 1. The van der Waals surface area contributed by atoms with Crippen LogP contribution in [0.25, 0.3) is 0 Å². The second-order valence-corrected chi connectivity index (χ2v) is 3.66. The van der Waals surface area contributed by atoms with E-state index < -0.39 is 0 Å². The zero-order chi connectivity index (χ0) is 10.2. The molecule has 0 aromatic heterocycles. The van der Waals surface area contributed by atoms with Crippen molar-refractivity contribution in [1.29, 1.82) is 0 Å². The van der Waals surface area contributed by atoms with Crippen LogP contribution < -0.4 is 0 Å². The summed E-state index contributed by atoms with van der Waals surface area (Å²) in [6, 6.07) is 10.2. The van der Waals surface area contributed by atoms with Gasteiger partial charge in [-0.3, -0.25) is 0 Å². The Kier molecular flexibility index (Phi) is 5.31. The second-order valence-electron chi connectivity index (χ2n) is 3.66. The molecule has 1 aromatic carbocycles. The molecule has 1 nitrogen and oxygen atoms in total. The normalized spacial score (nSPS) is 12.7. The zero-order valence-electron chi connectivity index (χ0n) is 8.91. The fourth-order valence-electron chi connectivity index (χ4n) is 1.41. The van der Waals surface area contributed by atoms with Crippen molar-refractivity contribution in [3.63, 3.8) is 0 Å². The fraction of sp³-hybridized carbons (Fsp3) is 0.462. The van der Waals surface area contributed by atoms with Crippen molar-refractivity contribution in [3.05, 3.63) is 42.8 Å². The molecule has 77 valence electrons. The maximum absolute atomic E-state index is 5.57. The van der Waals surface area contributed by atoms with Gasteiger partial charge in [0, 0.05) is 6.61 Å². The first kappa shape index (κ1) is 11.3. The van der Waals surface area contributed by atoms with E-state index in [9.17, 15) is 0 Å². The first-order chi connectivity index (χ1) is 6.83. The molecule has 0 saturated heterocycles. The van der Waals surface area contributed by atoms with E-state index in [0.29, 0.717) is 12.5 Å². The molecule has 1 heteroatoms. The average Bonchev–Trinajstić information content (AvgIpc) is 2.20. The van der Waals surface area contributed by atoms with Crippen molar-refractivity contribution >= 4 is 0 Å². The molecule has 1 aromatic rings. The fourth-order valence-corrected chi connectivity index (χ4v) is 1.41. The number of rotatable bonds is 6. The zero-order valence-corrected chi connectivity index (χ0v) is 8.91. The lowest BCUT2D eigenvalue weighted by atomic mass is 10.1. The molecule has 0 N–H and O–H groups in total. The van der Waals surface area contributed by atoms with Gasteiger partial charge in [0.05, 0.1) is 6.61 Å². The minimum atomic E-state index is 0.434. The molecule has 0 aliphatic carbocycles. The molecule has 14 heavy (non-hydrogen) atoms. The third kappa shape index (κ3) is 4.43. The van der Waals surface area contributed by atoms with E-state index in [4.69, 9.17) is 4.74 Å². The molecule has 0 bridgehead atoms. The van der Waals surface area contributed by atoms with E-state index in [1.54, 1.807) is 0 Å². The Bertz CT molecular complexity index is 230. The summed E-state index contributed by atoms with van der Waals surface area (Å²) in [6.07, 6.45) is 2.33. The summed E-state index contributed by atoms with van der Waals surface area (Å²) in [7, 11) is 0. The van der Waals surface area contributed by atoms with Gasteiger partial charge in [-0.05, 0) is 24.8 Å². The molecule has 1 unspecified atom stereocenters. The molecule has 0 heterocycles. The predicted molar refractivity (Wildman–Crippen MR) is 59.9 cm³/mol. The standard InChI is InChI=1S/C13H19O/c1-3-7-12(2)10-14-11-13-8-5-4-6-9-13/h4-6,8-9,12H,2-3,7,10-11H2,1H3. The van der Waals surface area contributed by atoms with Crippen molar-refractivity contribution in [1.82, 2.24) is 0 Å². The molecule has 0 saturated carbocycles. The Morgan fingerprint density at radius 1 is 1.29 bits per heavy atom. The highest BCUT2D eigenvalue weighted by atomic mass is 16.5. The van der Waals surface area contributed by atoms with Crippen LogP contribution in [0.3, 0.4) is 0 Å². The molecule has 0 fully saturated rings. The van der Waals surface area contributed by atoms with Crippen LogP contribution >= 0.6 is 0 Å². The van der Waals surface area contributed by atoms with Crippen molar-refractivity contribution < 1.29 is 4.74 Å². The van der Waals surface area contributed by atoms with Gasteiger partial charge in [0.2, 0.25) is 0 Å². The molecule has 0 amide bonds. The maximum Gasteiger partial charge on any atom is 0.0717 e. The van der Waals surface area contributed by atoms with Gasteiger partial charge >= 0.3 is 0 Å². The van der Waals surface area contributed by atoms with Gasteiger partial charge in [0.25, 0.3) is 0 Å². The highest BCUT2D eigenvalue weighted by molar-refractivity contribution is 5.13. The minimum Gasteiger partial charge on any atom is -0.376 e. The van der Waals surface area contributed by atoms with Crippen molar-refractivity contribution in [2.45, 2.75) is 26.4 Å². The molecule has 0 aliphatic rings. The number of ether oxygens (including phenoxy) is 1. The highest BCUT2D eigenvalue weighted by Crippen LogP contribution is 2.07. The minimum absolute atomic E-state index is 0.434. The monoisotopic (exact) mass is 191 g/mol. The Morgan fingerprint density at radius 2 is 2.00 bits per heavy atom. The van der Waals surface area contributed by atoms with Crippen LogP contribution in [0.2, 0.25) is 0 Å². The molecular weight excluding hydrogens is 172 g/mol. The smallest absolute Gasteiger partial charge is 0.0717 e. The van der Waals surface area contributed by atoms with Gasteiger partial charge in [0.1, 0.15) is 0 Å². The molecule has 1 rings (SSSR count). The van der Waals surface area contributed by atoms with Crippen LogP contribution in [0.1, 0.15) is 25.3 Å². The summed E-state index contributed by atoms with van der Waals surface area (Å²) in [4.78, 5) is 0. The lowest BCUT2D eigenvalue weighted by molar-refractivity contribution is 0.0963. The summed E-state index contributed by atoms with van der Waals surface area (Å²) in [5, 5.41) is 0. The van der Waals surface area contributed by atoms with Crippen molar-refractivity contribution in [3.8, 4) is 0 Å². The van der Waals surface area contributed by atoms with Gasteiger partial charge in [-0.25, -0.2) is 0 Å². The first-order valence-electron chi connectivity index (χ1n) is 5.27. The summed E-state index contributed by atoms with van der Waals surface area (Å²) in [6.45, 7) is 7.68. The summed E-state index contributed by atoms with van der Waals surface area (Å²) >= 11 is 0. The van der Waals surface area contributed by atoms with E-state index in [1.807, 2.05) is 18.2 Å². The van der Waals surface area contributed by atoms with Crippen LogP contribution in [0.5, 0.6) is 0 Å². The molecule has 1 radical (unpaired) electrons. The Hall–Kier alpha value is -0.820. The van der Waals surface area contributed by atoms with Gasteiger partial charge in [-0.2, -0.15) is 0 Å². The molecule has 0 spiro atoms. The van der Waals surface area contributed by atoms with E-state index in [-0.39, 0.29) is 0 Å². The lowest BCUT2D eigenvalue weighted by Crippen LogP contribution is -2.05. The molecule has 1 atom stereocenters. The van der Waals surface area contributed by atoms with Gasteiger partial charge in [-0.1, -0.05) is 43.7 Å². The van der Waals surface area contributed by atoms with Gasteiger partial charge < -0.3 is 4.74 Å². The third-order valence-corrected chi connectivity index (χ3v) is 2.16. The Morgan fingerprint density at radius 3 is 2.64 bits per heavy atom. The van der Waals surface area contributed by atoms with Crippen molar-refractivity contribution in [2.75, 3.05) is 6.61 Å². The highest BCUT2D eigenvalue weighted by Gasteiger charge is 2.00. The quantitative estimate of drug-likeness (QED) is 0.669. The Balaban J connectivity index is 2.16. The third-order valence-electron chi connectivity index (χ3n) is 2.16. The summed E-state index contributed by atoms with van der Waals surface area (Å²) in [5.74, 6) is 0.434. The maximum atomic E-state index is 5.57. The van der Waals surface area contributed by atoms with Crippen LogP contribution in [0, 0.1) is 12.8 Å². The number of hydrogen-bond donors (Lipinski definition) is 0. The van der Waals surface area contributed by atoms with E-state index in [2.05, 4.69) is 26.0 Å². The largest absolute Gasteiger partial charge is 0.376 e. The number of benzene rings is 1. The predicted octanol–water partition coefficient (Wildman–Crippen LogP) is 3.45. The van der Waals surface area contributed by atoms with Gasteiger partial charge in [-0.15, -0.1) is 0 Å². The average molecular weight is 191 g/mol. The van der Waals surface area contributed by atoms with E-state index in [1.165, 1.54) is 12.0 Å². The van der Waals surface area contributed by atoms with Crippen LogP contribution in [-0.4, -0.2) is 6.61 Å². The van der Waals surface area contributed by atoms with Crippen molar-refractivity contribution in [2.24, 2.45) is 5.92 Å². The Labute approximate surface area is 87.1 Å².